The Bertz CT molecular complexity index is 1030. The Balaban J connectivity index is 1.73. The van der Waals surface area contributed by atoms with Gasteiger partial charge in [-0.3, -0.25) is 4.68 Å². The second-order valence-corrected chi connectivity index (χ2v) is 9.20. The number of benzene rings is 1. The molecule has 1 saturated heterocycles. The van der Waals surface area contributed by atoms with Crippen molar-refractivity contribution in [1.29, 1.82) is 0 Å². The van der Waals surface area contributed by atoms with Gasteiger partial charge in [0.2, 0.25) is 0 Å². The fourth-order valence-electron chi connectivity index (χ4n) is 4.22. The van der Waals surface area contributed by atoms with Gasteiger partial charge in [-0.15, -0.1) is 12.6 Å². The van der Waals surface area contributed by atoms with Crippen LogP contribution in [0.15, 0.2) is 23.2 Å². The predicted octanol–water partition coefficient (Wildman–Crippen LogP) is 3.30. The standard InChI is InChI=1S/C23H32N6OS2/c1-5-7-17-19-20(28(4)26-17)22(31)25-21(24-19)16-14-15(8-9-18(16)30-6-2)23(32)29-12-10-27(3)11-13-29/h8-9,14,22,31H,5-7,10-13H2,1-4H3,(H,24,25). The van der Waals surface area contributed by atoms with Gasteiger partial charge in [0.1, 0.15) is 27.6 Å². The van der Waals surface area contributed by atoms with Crippen LogP contribution in [-0.2, 0) is 13.5 Å². The Kier molecular flexibility index (Phi) is 7.07. The van der Waals surface area contributed by atoms with Gasteiger partial charge in [0.15, 0.2) is 0 Å². The van der Waals surface area contributed by atoms with Crippen molar-refractivity contribution in [3.05, 3.63) is 40.7 Å². The Morgan fingerprint density at radius 3 is 2.66 bits per heavy atom. The van der Waals surface area contributed by atoms with Crippen LogP contribution in [-0.4, -0.2) is 70.2 Å². The Hall–Kier alpha value is -2.10. The fraction of sp³-hybridized carbons (Fsp3) is 0.522. The molecule has 32 heavy (non-hydrogen) atoms. The molecule has 4 rings (SSSR count). The number of thiol groups is 1. The maximum absolute atomic E-state index is 5.96. The topological polar surface area (TPSA) is 57.9 Å². The number of amidine groups is 1. The van der Waals surface area contributed by atoms with E-state index in [9.17, 15) is 0 Å². The number of piperazine rings is 1. The Morgan fingerprint density at radius 1 is 1.22 bits per heavy atom. The molecule has 0 bridgehead atoms. The predicted molar refractivity (Wildman–Crippen MR) is 137 cm³/mol. The van der Waals surface area contributed by atoms with E-state index in [1.165, 1.54) is 0 Å². The van der Waals surface area contributed by atoms with Gasteiger partial charge in [-0.05, 0) is 38.6 Å². The van der Waals surface area contributed by atoms with Crippen molar-refractivity contribution >= 4 is 41.4 Å². The molecule has 2 aliphatic heterocycles. The van der Waals surface area contributed by atoms with E-state index in [4.69, 9.17) is 39.7 Å². The molecular weight excluding hydrogens is 440 g/mol. The van der Waals surface area contributed by atoms with Gasteiger partial charge >= 0.3 is 0 Å². The number of aromatic nitrogens is 2. The highest BCUT2D eigenvalue weighted by atomic mass is 32.1. The van der Waals surface area contributed by atoms with Gasteiger partial charge in [0.05, 0.1) is 23.6 Å². The van der Waals surface area contributed by atoms with Crippen molar-refractivity contribution in [1.82, 2.24) is 24.9 Å². The number of fused-ring (bicyclic) bond motifs is 1. The lowest BCUT2D eigenvalue weighted by atomic mass is 10.1. The molecule has 1 N–H and O–H groups in total. The largest absolute Gasteiger partial charge is 0.493 e. The van der Waals surface area contributed by atoms with Crippen molar-refractivity contribution in [2.24, 2.45) is 12.0 Å². The minimum Gasteiger partial charge on any atom is -0.493 e. The van der Waals surface area contributed by atoms with Gasteiger partial charge in [0.25, 0.3) is 0 Å². The molecule has 3 heterocycles. The van der Waals surface area contributed by atoms with Crippen molar-refractivity contribution < 1.29 is 4.74 Å². The maximum Gasteiger partial charge on any atom is 0.139 e. The number of hydrogen-bond donors (Lipinski definition) is 2. The molecule has 1 aromatic heterocycles. The summed E-state index contributed by atoms with van der Waals surface area (Å²) in [5, 5.41) is 7.93. The first kappa shape index (κ1) is 23.1. The van der Waals surface area contributed by atoms with Crippen molar-refractivity contribution in [3.63, 3.8) is 0 Å². The van der Waals surface area contributed by atoms with E-state index in [1.54, 1.807) is 0 Å². The lowest BCUT2D eigenvalue weighted by molar-refractivity contribution is 0.218. The summed E-state index contributed by atoms with van der Waals surface area (Å²) in [4.78, 5) is 10.5. The molecule has 1 unspecified atom stereocenters. The Morgan fingerprint density at radius 2 is 1.97 bits per heavy atom. The third kappa shape index (κ3) is 4.51. The molecule has 2 aliphatic rings. The summed E-state index contributed by atoms with van der Waals surface area (Å²) in [6.45, 7) is 8.63. The number of aliphatic imine (C=N–C) groups is 1. The van der Waals surface area contributed by atoms with Crippen LogP contribution in [0.4, 0.5) is 5.69 Å². The number of rotatable bonds is 6. The summed E-state index contributed by atoms with van der Waals surface area (Å²) in [6.07, 6.45) is 1.89. The van der Waals surface area contributed by atoms with Gasteiger partial charge < -0.3 is 19.9 Å². The zero-order valence-corrected chi connectivity index (χ0v) is 21.0. The highest BCUT2D eigenvalue weighted by molar-refractivity contribution is 7.80. The summed E-state index contributed by atoms with van der Waals surface area (Å²) in [7, 11) is 4.10. The number of nitrogens with one attached hydrogen (secondary N) is 1. The second-order valence-electron chi connectivity index (χ2n) is 8.30. The summed E-state index contributed by atoms with van der Waals surface area (Å²) in [5.74, 6) is 1.53. The molecule has 0 amide bonds. The number of ether oxygens (including phenoxy) is 1. The van der Waals surface area contributed by atoms with E-state index in [0.717, 1.165) is 83.8 Å². The minimum atomic E-state index is -0.205. The average Bonchev–Trinajstić information content (AvgIpc) is 3.10. The quantitative estimate of drug-likeness (QED) is 0.497. The van der Waals surface area contributed by atoms with Crippen LogP contribution >= 0.6 is 24.8 Å². The van der Waals surface area contributed by atoms with Crippen molar-refractivity contribution in [2.75, 3.05) is 39.8 Å². The van der Waals surface area contributed by atoms with Crippen LogP contribution in [0.1, 0.15) is 48.2 Å². The van der Waals surface area contributed by atoms with Crippen LogP contribution in [0.5, 0.6) is 5.75 Å². The average molecular weight is 473 g/mol. The van der Waals surface area contributed by atoms with Gasteiger partial charge in [-0.25, -0.2) is 4.99 Å². The van der Waals surface area contributed by atoms with Crippen LogP contribution in [0, 0.1) is 0 Å². The zero-order valence-electron chi connectivity index (χ0n) is 19.3. The van der Waals surface area contributed by atoms with E-state index < -0.39 is 0 Å². The van der Waals surface area contributed by atoms with Crippen LogP contribution < -0.4 is 10.1 Å². The summed E-state index contributed by atoms with van der Waals surface area (Å²) in [5.41, 5.74) is 4.82. The van der Waals surface area contributed by atoms with Crippen LogP contribution in [0.3, 0.4) is 0 Å². The lowest BCUT2D eigenvalue weighted by Gasteiger charge is -2.34. The number of nitrogens with zero attached hydrogens (tertiary/aromatic N) is 5. The van der Waals surface area contributed by atoms with E-state index in [0.29, 0.717) is 6.61 Å². The SMILES string of the molecule is CCCc1nn(C)c2c1N=C(c1cc(C(=S)N3CCN(C)CC3)ccc1OCC)NC2S. The molecule has 0 spiro atoms. The third-order valence-corrected chi connectivity index (χ3v) is 6.82. The minimum absolute atomic E-state index is 0.205. The van der Waals surface area contributed by atoms with E-state index in [-0.39, 0.29) is 5.37 Å². The molecule has 1 aromatic carbocycles. The smallest absolute Gasteiger partial charge is 0.139 e. The summed E-state index contributed by atoms with van der Waals surface area (Å²) < 4.78 is 7.84. The van der Waals surface area contributed by atoms with E-state index >= 15 is 0 Å². The molecule has 9 heteroatoms. The maximum atomic E-state index is 5.96. The molecule has 0 aliphatic carbocycles. The zero-order chi connectivity index (χ0) is 22.8. The normalized spacial score (nSPS) is 18.7. The van der Waals surface area contributed by atoms with Crippen molar-refractivity contribution in [3.8, 4) is 5.75 Å². The molecular formula is C23H32N6OS2. The van der Waals surface area contributed by atoms with E-state index in [2.05, 4.69) is 41.2 Å². The van der Waals surface area contributed by atoms with Crippen LogP contribution in [0.2, 0.25) is 0 Å². The Labute approximate surface area is 201 Å². The van der Waals surface area contributed by atoms with Crippen molar-refractivity contribution in [2.45, 2.75) is 32.1 Å². The number of thiocarbonyl (C=S) groups is 1. The molecule has 1 fully saturated rings. The highest BCUT2D eigenvalue weighted by Crippen LogP contribution is 2.37. The fourth-order valence-corrected chi connectivity index (χ4v) is 4.94. The number of likely N-dealkylation sites (N-methyl/N-ethyl adjacent to an activating group) is 1. The lowest BCUT2D eigenvalue weighted by Crippen LogP contribution is -2.46. The van der Waals surface area contributed by atoms with Gasteiger partial charge in [-0.2, -0.15) is 5.10 Å². The molecule has 2 aromatic rings. The van der Waals surface area contributed by atoms with Gasteiger partial charge in [0, 0.05) is 38.8 Å². The van der Waals surface area contributed by atoms with Crippen LogP contribution in [0.25, 0.3) is 0 Å². The summed E-state index contributed by atoms with van der Waals surface area (Å²) >= 11 is 10.7. The monoisotopic (exact) mass is 472 g/mol. The first-order chi connectivity index (χ1) is 15.4. The second kappa shape index (κ2) is 9.80. The summed E-state index contributed by atoms with van der Waals surface area (Å²) in [6, 6.07) is 6.15. The van der Waals surface area contributed by atoms with E-state index in [1.807, 2.05) is 24.7 Å². The highest BCUT2D eigenvalue weighted by Gasteiger charge is 2.29. The number of aryl methyl sites for hydroxylation is 2. The molecule has 1 atom stereocenters. The number of hydrogen-bond acceptors (Lipinski definition) is 7. The molecule has 0 saturated carbocycles. The molecule has 172 valence electrons. The molecule has 7 nitrogen and oxygen atoms in total. The first-order valence-corrected chi connectivity index (χ1v) is 12.2. The van der Waals surface area contributed by atoms with Gasteiger partial charge in [-0.1, -0.05) is 25.6 Å². The molecule has 0 radical (unpaired) electrons. The first-order valence-electron chi connectivity index (χ1n) is 11.3. The third-order valence-electron chi connectivity index (χ3n) is 5.95.